The summed E-state index contributed by atoms with van der Waals surface area (Å²) in [5, 5.41) is 0. The highest BCUT2D eigenvalue weighted by Gasteiger charge is 2.33. The molecule has 0 heterocycles. The maximum Gasteiger partial charge on any atom is 0.314 e. The van der Waals surface area contributed by atoms with Gasteiger partial charge in [0.15, 0.2) is 0 Å². The maximum absolute atomic E-state index is 13.2. The van der Waals surface area contributed by atoms with Gasteiger partial charge >= 0.3 is 5.97 Å². The molecule has 0 radical (unpaired) electrons. The van der Waals surface area contributed by atoms with Gasteiger partial charge in [-0.2, -0.15) is 0 Å². The van der Waals surface area contributed by atoms with E-state index >= 15 is 0 Å². The second kappa shape index (κ2) is 8.82. The lowest BCUT2D eigenvalue weighted by molar-refractivity contribution is -0.140. The molecule has 3 heteroatoms. The van der Waals surface area contributed by atoms with Gasteiger partial charge in [-0.1, -0.05) is 38.7 Å². The lowest BCUT2D eigenvalue weighted by Gasteiger charge is -2.37. The van der Waals surface area contributed by atoms with Crippen molar-refractivity contribution in [1.82, 2.24) is 0 Å². The number of halogens is 1. The molecule has 1 aromatic carbocycles. The Morgan fingerprint density at radius 3 is 2.28 bits per heavy atom. The van der Waals surface area contributed by atoms with Crippen LogP contribution in [0.3, 0.4) is 0 Å². The van der Waals surface area contributed by atoms with Gasteiger partial charge in [-0.15, -0.1) is 0 Å². The molecule has 2 fully saturated rings. The molecule has 2 nitrogen and oxygen atoms in total. The van der Waals surface area contributed by atoms with Crippen LogP contribution in [0, 0.1) is 29.5 Å². The van der Waals surface area contributed by atoms with E-state index in [9.17, 15) is 9.18 Å². The Labute approximate surface area is 151 Å². The van der Waals surface area contributed by atoms with Gasteiger partial charge in [-0.05, 0) is 68.4 Å². The topological polar surface area (TPSA) is 26.3 Å². The van der Waals surface area contributed by atoms with E-state index in [-0.39, 0.29) is 17.7 Å². The van der Waals surface area contributed by atoms with Crippen molar-refractivity contribution in [2.24, 2.45) is 23.7 Å². The predicted octanol–water partition coefficient (Wildman–Crippen LogP) is 6.14. The van der Waals surface area contributed by atoms with Crippen LogP contribution < -0.4 is 4.74 Å². The molecule has 2 aliphatic rings. The zero-order chi connectivity index (χ0) is 17.6. The molecule has 0 aromatic heterocycles. The van der Waals surface area contributed by atoms with Gasteiger partial charge in [-0.25, -0.2) is 4.39 Å². The van der Waals surface area contributed by atoms with Crippen molar-refractivity contribution in [3.8, 4) is 5.75 Å². The normalized spacial score (nSPS) is 30.0. The fraction of sp³-hybridized carbons (Fsp3) is 0.682. The van der Waals surface area contributed by atoms with Crippen molar-refractivity contribution in [2.75, 3.05) is 0 Å². The highest BCUT2D eigenvalue weighted by molar-refractivity contribution is 5.75. The minimum atomic E-state index is -0.368. The van der Waals surface area contributed by atoms with Crippen LogP contribution in [0.5, 0.6) is 5.75 Å². The van der Waals surface area contributed by atoms with Crippen molar-refractivity contribution < 1.29 is 13.9 Å². The number of rotatable bonds is 5. The molecule has 0 bridgehead atoms. The van der Waals surface area contributed by atoms with E-state index in [4.69, 9.17) is 4.74 Å². The van der Waals surface area contributed by atoms with Gasteiger partial charge in [0, 0.05) is 6.07 Å². The lowest BCUT2D eigenvalue weighted by Crippen LogP contribution is -2.30. The van der Waals surface area contributed by atoms with E-state index in [1.807, 2.05) is 0 Å². The van der Waals surface area contributed by atoms with Crippen LogP contribution in [0.15, 0.2) is 24.3 Å². The Bertz CT molecular complexity index is 555. The Hall–Kier alpha value is -1.38. The Kier molecular flexibility index (Phi) is 6.50. The molecule has 0 unspecified atom stereocenters. The largest absolute Gasteiger partial charge is 0.426 e. The molecule has 138 valence electrons. The first-order valence-corrected chi connectivity index (χ1v) is 10.1. The third kappa shape index (κ3) is 5.05. The Morgan fingerprint density at radius 1 is 1.04 bits per heavy atom. The summed E-state index contributed by atoms with van der Waals surface area (Å²) in [4.78, 5) is 12.3. The molecule has 0 aliphatic heterocycles. The summed E-state index contributed by atoms with van der Waals surface area (Å²) >= 11 is 0. The van der Waals surface area contributed by atoms with Crippen molar-refractivity contribution in [2.45, 2.75) is 71.1 Å². The number of carbonyl (C=O) groups excluding carboxylic acids is 1. The summed E-state index contributed by atoms with van der Waals surface area (Å²) < 4.78 is 18.6. The summed E-state index contributed by atoms with van der Waals surface area (Å²) in [5.41, 5.74) is 0. The maximum atomic E-state index is 13.2. The van der Waals surface area contributed by atoms with Crippen LogP contribution in [-0.2, 0) is 4.79 Å². The smallest absolute Gasteiger partial charge is 0.314 e. The predicted molar refractivity (Wildman–Crippen MR) is 97.8 cm³/mol. The van der Waals surface area contributed by atoms with E-state index in [1.54, 1.807) is 12.1 Å². The number of carbonyl (C=O) groups is 1. The summed E-state index contributed by atoms with van der Waals surface area (Å²) in [7, 11) is 0. The fourth-order valence-electron chi connectivity index (χ4n) is 4.91. The number of hydrogen-bond acceptors (Lipinski definition) is 2. The molecule has 0 saturated heterocycles. The van der Waals surface area contributed by atoms with Crippen LogP contribution in [-0.4, -0.2) is 5.97 Å². The monoisotopic (exact) mass is 346 g/mol. The third-order valence-electron chi connectivity index (χ3n) is 6.37. The quantitative estimate of drug-likeness (QED) is 0.472. The van der Waals surface area contributed by atoms with E-state index in [0.29, 0.717) is 5.75 Å². The lowest BCUT2D eigenvalue weighted by atomic mass is 9.69. The second-order valence-electron chi connectivity index (χ2n) is 8.06. The average Bonchev–Trinajstić information content (AvgIpc) is 2.63. The van der Waals surface area contributed by atoms with Crippen LogP contribution in [0.25, 0.3) is 0 Å². The molecule has 0 spiro atoms. The highest BCUT2D eigenvalue weighted by atomic mass is 19.1. The van der Waals surface area contributed by atoms with Gasteiger partial charge in [-0.3, -0.25) is 4.79 Å². The van der Waals surface area contributed by atoms with Crippen LogP contribution in [0.1, 0.15) is 71.1 Å². The number of esters is 1. The molecule has 0 N–H and O–H groups in total. The third-order valence-corrected chi connectivity index (χ3v) is 6.37. The Balaban J connectivity index is 1.43. The number of benzene rings is 1. The van der Waals surface area contributed by atoms with Crippen LogP contribution in [0.4, 0.5) is 4.39 Å². The van der Waals surface area contributed by atoms with Crippen molar-refractivity contribution in [3.05, 3.63) is 30.1 Å². The molecule has 0 amide bonds. The van der Waals surface area contributed by atoms with Crippen molar-refractivity contribution >= 4 is 5.97 Å². The first kappa shape index (κ1) is 18.4. The standard InChI is InChI=1S/C22H31FO2/c1-2-4-16-7-9-17(10-8-16)18-11-13-19(14-12-18)22(24)25-21-6-3-5-20(23)15-21/h3,5-6,15-19H,2,4,7-14H2,1H3/t16-,17-,18-,19-. The molecule has 1 aromatic rings. The van der Waals surface area contributed by atoms with Crippen LogP contribution in [0.2, 0.25) is 0 Å². The van der Waals surface area contributed by atoms with Gasteiger partial charge in [0.2, 0.25) is 0 Å². The van der Waals surface area contributed by atoms with Crippen molar-refractivity contribution in [3.63, 3.8) is 0 Å². The zero-order valence-corrected chi connectivity index (χ0v) is 15.4. The summed E-state index contributed by atoms with van der Waals surface area (Å²) in [6.45, 7) is 2.29. The first-order valence-electron chi connectivity index (χ1n) is 10.1. The van der Waals surface area contributed by atoms with Crippen LogP contribution >= 0.6 is 0 Å². The van der Waals surface area contributed by atoms with Gasteiger partial charge in [0.1, 0.15) is 11.6 Å². The molecule has 0 atom stereocenters. The molecule has 25 heavy (non-hydrogen) atoms. The number of hydrogen-bond donors (Lipinski definition) is 0. The average molecular weight is 346 g/mol. The molecule has 2 saturated carbocycles. The molecular formula is C22H31FO2. The molecular weight excluding hydrogens is 315 g/mol. The second-order valence-corrected chi connectivity index (χ2v) is 8.06. The fourth-order valence-corrected chi connectivity index (χ4v) is 4.91. The van der Waals surface area contributed by atoms with Gasteiger partial charge in [0.25, 0.3) is 0 Å². The summed E-state index contributed by atoms with van der Waals surface area (Å²) in [6, 6.07) is 5.85. The molecule has 3 rings (SSSR count). The van der Waals surface area contributed by atoms with E-state index in [1.165, 1.54) is 50.7 Å². The van der Waals surface area contributed by atoms with E-state index in [2.05, 4.69) is 6.92 Å². The van der Waals surface area contributed by atoms with Crippen molar-refractivity contribution in [1.29, 1.82) is 0 Å². The summed E-state index contributed by atoms with van der Waals surface area (Å²) in [5.74, 6) is 2.37. The minimum absolute atomic E-state index is 0.0176. The van der Waals surface area contributed by atoms with E-state index < -0.39 is 0 Å². The van der Waals surface area contributed by atoms with Gasteiger partial charge < -0.3 is 4.74 Å². The number of ether oxygens (including phenoxy) is 1. The van der Waals surface area contributed by atoms with Gasteiger partial charge in [0.05, 0.1) is 5.92 Å². The summed E-state index contributed by atoms with van der Waals surface area (Å²) in [6.07, 6.45) is 12.4. The zero-order valence-electron chi connectivity index (χ0n) is 15.4. The highest BCUT2D eigenvalue weighted by Crippen LogP contribution is 2.42. The minimum Gasteiger partial charge on any atom is -0.426 e. The SMILES string of the molecule is CCC[C@H]1CC[C@H]([C@H]2CC[C@H](C(=O)Oc3cccc(F)c3)CC2)CC1. The molecule has 2 aliphatic carbocycles. The van der Waals surface area contributed by atoms with E-state index in [0.717, 1.165) is 43.4 Å². The first-order chi connectivity index (χ1) is 12.2. The Morgan fingerprint density at radius 2 is 1.68 bits per heavy atom.